The fraction of sp³-hybridized carbons (Fsp3) is 1.00. The lowest BCUT2D eigenvalue weighted by Crippen LogP contribution is -2.52. The number of rotatable bonds is 10. The number of ether oxygens (including phenoxy) is 1. The topological polar surface area (TPSA) is 129 Å². The summed E-state index contributed by atoms with van der Waals surface area (Å²) in [5.74, 6) is 0. The van der Waals surface area contributed by atoms with E-state index in [1.807, 2.05) is 0 Å². The Bertz CT molecular complexity index is 370. The van der Waals surface area contributed by atoms with Gasteiger partial charge in [0, 0.05) is 0 Å². The normalized spacial score (nSPS) is 26.2. The van der Waals surface area contributed by atoms with Crippen molar-refractivity contribution in [1.82, 2.24) is 0 Å². The monoisotopic (exact) mass is 378 g/mol. The van der Waals surface area contributed by atoms with Gasteiger partial charge in [0.25, 0.3) is 0 Å². The summed E-state index contributed by atoms with van der Waals surface area (Å²) in [7, 11) is 0. The Labute approximate surface area is 154 Å². The maximum absolute atomic E-state index is 10.4. The van der Waals surface area contributed by atoms with E-state index in [1.165, 1.54) is 0 Å². The highest BCUT2D eigenvalue weighted by Gasteiger charge is 2.38. The highest BCUT2D eigenvalue weighted by Crippen LogP contribution is 2.26. The van der Waals surface area contributed by atoms with E-state index in [9.17, 15) is 20.4 Å². The molecular weight excluding hydrogens is 344 g/mol. The van der Waals surface area contributed by atoms with Crippen molar-refractivity contribution >= 4 is 0 Å². The Morgan fingerprint density at radius 1 is 0.692 bits per heavy atom. The highest BCUT2D eigenvalue weighted by molar-refractivity contribution is 4.83. The van der Waals surface area contributed by atoms with Crippen LogP contribution in [0.1, 0.15) is 64.2 Å². The van der Waals surface area contributed by atoms with Crippen molar-refractivity contribution in [2.45, 2.75) is 107 Å². The summed E-state index contributed by atoms with van der Waals surface area (Å²) in [6.45, 7) is -0.738. The van der Waals surface area contributed by atoms with Gasteiger partial charge in [0.05, 0.1) is 18.8 Å². The van der Waals surface area contributed by atoms with Crippen LogP contribution in [0.15, 0.2) is 0 Å². The molecule has 154 valence electrons. The molecule has 2 saturated carbocycles. The molecule has 0 radical (unpaired) electrons. The van der Waals surface area contributed by atoms with Gasteiger partial charge in [-0.15, -0.1) is 0 Å². The Morgan fingerprint density at radius 3 is 1.77 bits per heavy atom. The van der Waals surface area contributed by atoms with Crippen LogP contribution in [-0.4, -0.2) is 75.1 Å². The summed E-state index contributed by atoms with van der Waals surface area (Å²) in [6.07, 6.45) is 1.64. The van der Waals surface area contributed by atoms with Crippen LogP contribution in [0.3, 0.4) is 0 Å². The van der Waals surface area contributed by atoms with Crippen molar-refractivity contribution in [3.05, 3.63) is 0 Å². The summed E-state index contributed by atoms with van der Waals surface area (Å²) < 4.78 is 5.82. The number of hydrogen-bond donors (Lipinski definition) is 5. The van der Waals surface area contributed by atoms with Gasteiger partial charge in [0.15, 0.2) is 0 Å². The van der Waals surface area contributed by atoms with Crippen LogP contribution in [0.25, 0.3) is 0 Å². The van der Waals surface area contributed by atoms with Crippen LogP contribution >= 0.6 is 0 Å². The summed E-state index contributed by atoms with van der Waals surface area (Å²) >= 11 is 0. The first-order chi connectivity index (χ1) is 12.5. The predicted molar refractivity (Wildman–Crippen MR) is 91.9 cm³/mol. The second-order valence-electron chi connectivity index (χ2n) is 7.44. The maximum atomic E-state index is 10.4. The molecule has 0 aromatic rings. The average Bonchev–Trinajstić information content (AvgIpc) is 2.70. The standard InChI is InChI=1S/C18H34O8/c19-11-14(20)15(21)16(22)17(23)18(24-12-7-3-1-4-8-12)26-25-13-9-5-2-6-10-13/h12-23H,1-11H2/t14-,15-,16+,17+,18?/m1/s1. The summed E-state index contributed by atoms with van der Waals surface area (Å²) in [5, 5.41) is 48.8. The molecule has 0 spiro atoms. The second kappa shape index (κ2) is 11.5. The summed E-state index contributed by atoms with van der Waals surface area (Å²) in [6, 6.07) is 0. The zero-order valence-electron chi connectivity index (χ0n) is 15.3. The van der Waals surface area contributed by atoms with Gasteiger partial charge >= 0.3 is 0 Å². The Kier molecular flexibility index (Phi) is 9.73. The van der Waals surface area contributed by atoms with E-state index in [0.29, 0.717) is 0 Å². The first kappa shape index (κ1) is 22.0. The molecular formula is C18H34O8. The van der Waals surface area contributed by atoms with E-state index in [4.69, 9.17) is 19.6 Å². The fourth-order valence-electron chi connectivity index (χ4n) is 3.54. The third-order valence-corrected chi connectivity index (χ3v) is 5.28. The largest absolute Gasteiger partial charge is 0.394 e. The van der Waals surface area contributed by atoms with Gasteiger partial charge in [0.2, 0.25) is 6.29 Å². The third kappa shape index (κ3) is 6.69. The number of aliphatic hydroxyl groups excluding tert-OH is 5. The first-order valence-electron chi connectivity index (χ1n) is 9.83. The molecule has 26 heavy (non-hydrogen) atoms. The van der Waals surface area contributed by atoms with Crippen molar-refractivity contribution in [2.24, 2.45) is 0 Å². The molecule has 0 saturated heterocycles. The van der Waals surface area contributed by atoms with Gasteiger partial charge in [-0.3, -0.25) is 0 Å². The Hall–Kier alpha value is -0.320. The van der Waals surface area contributed by atoms with E-state index in [2.05, 4.69) is 0 Å². The van der Waals surface area contributed by atoms with Crippen molar-refractivity contribution in [3.8, 4) is 0 Å². The van der Waals surface area contributed by atoms with Crippen LogP contribution in [0.2, 0.25) is 0 Å². The van der Waals surface area contributed by atoms with E-state index in [0.717, 1.165) is 64.2 Å². The molecule has 2 rings (SSSR count). The van der Waals surface area contributed by atoms with Gasteiger partial charge in [-0.2, -0.15) is 0 Å². The van der Waals surface area contributed by atoms with Crippen LogP contribution in [0.4, 0.5) is 0 Å². The number of aliphatic hydroxyl groups is 5. The minimum absolute atomic E-state index is 0.0847. The van der Waals surface area contributed by atoms with E-state index in [1.54, 1.807) is 0 Å². The van der Waals surface area contributed by atoms with E-state index < -0.39 is 37.3 Å². The smallest absolute Gasteiger partial charge is 0.220 e. The van der Waals surface area contributed by atoms with Gasteiger partial charge < -0.3 is 30.3 Å². The molecule has 0 amide bonds. The molecule has 8 nitrogen and oxygen atoms in total. The van der Waals surface area contributed by atoms with E-state index >= 15 is 0 Å². The molecule has 0 aromatic heterocycles. The van der Waals surface area contributed by atoms with Crippen molar-refractivity contribution in [1.29, 1.82) is 0 Å². The van der Waals surface area contributed by atoms with E-state index in [-0.39, 0.29) is 12.2 Å². The lowest BCUT2D eigenvalue weighted by molar-refractivity contribution is -0.427. The van der Waals surface area contributed by atoms with Crippen molar-refractivity contribution in [3.63, 3.8) is 0 Å². The maximum Gasteiger partial charge on any atom is 0.220 e. The lowest BCUT2D eigenvalue weighted by Gasteiger charge is -2.34. The molecule has 0 bridgehead atoms. The van der Waals surface area contributed by atoms with Crippen LogP contribution in [0, 0.1) is 0 Å². The minimum atomic E-state index is -1.75. The molecule has 2 fully saturated rings. The summed E-state index contributed by atoms with van der Waals surface area (Å²) in [4.78, 5) is 10.8. The zero-order chi connectivity index (χ0) is 18.9. The van der Waals surface area contributed by atoms with Crippen LogP contribution < -0.4 is 0 Å². The van der Waals surface area contributed by atoms with Crippen LogP contribution in [0.5, 0.6) is 0 Å². The molecule has 0 heterocycles. The van der Waals surface area contributed by atoms with Gasteiger partial charge in [-0.25, -0.2) is 9.78 Å². The Balaban J connectivity index is 1.94. The molecule has 0 aliphatic heterocycles. The molecule has 2 aliphatic rings. The van der Waals surface area contributed by atoms with Gasteiger partial charge in [0.1, 0.15) is 24.4 Å². The quantitative estimate of drug-likeness (QED) is 0.210. The predicted octanol–water partition coefficient (Wildman–Crippen LogP) is 0.379. The molecule has 0 aromatic carbocycles. The Morgan fingerprint density at radius 2 is 1.23 bits per heavy atom. The zero-order valence-corrected chi connectivity index (χ0v) is 15.3. The molecule has 8 heteroatoms. The van der Waals surface area contributed by atoms with Crippen molar-refractivity contribution < 1.29 is 40.0 Å². The SMILES string of the molecule is OC[C@@H](O)[C@@H](O)[C@H](O)[C@H](O)C(OOC1CCCCC1)OC1CCCCC1. The van der Waals surface area contributed by atoms with Gasteiger partial charge in [-0.05, 0) is 25.7 Å². The highest BCUT2D eigenvalue weighted by atomic mass is 17.2. The molecule has 5 N–H and O–H groups in total. The fourth-order valence-corrected chi connectivity index (χ4v) is 3.54. The molecule has 5 atom stereocenters. The average molecular weight is 378 g/mol. The third-order valence-electron chi connectivity index (χ3n) is 5.28. The summed E-state index contributed by atoms with van der Waals surface area (Å²) in [5.41, 5.74) is 0. The molecule has 2 aliphatic carbocycles. The number of hydrogen-bond acceptors (Lipinski definition) is 8. The first-order valence-corrected chi connectivity index (χ1v) is 9.83. The second-order valence-corrected chi connectivity index (χ2v) is 7.44. The lowest BCUT2D eigenvalue weighted by atomic mass is 9.97. The minimum Gasteiger partial charge on any atom is -0.394 e. The van der Waals surface area contributed by atoms with Gasteiger partial charge in [-0.1, -0.05) is 38.5 Å². The molecule has 1 unspecified atom stereocenters. The van der Waals surface area contributed by atoms with Crippen molar-refractivity contribution in [2.75, 3.05) is 6.61 Å². The van der Waals surface area contributed by atoms with Crippen LogP contribution in [-0.2, 0) is 14.5 Å².